The Morgan fingerprint density at radius 2 is 2.16 bits per heavy atom. The van der Waals surface area contributed by atoms with Crippen molar-refractivity contribution in [2.75, 3.05) is 25.6 Å². The third-order valence-electron chi connectivity index (χ3n) is 5.23. The lowest BCUT2D eigenvalue weighted by Crippen LogP contribution is -2.51. The summed E-state index contributed by atoms with van der Waals surface area (Å²) in [5, 5.41) is 23.5. The van der Waals surface area contributed by atoms with E-state index in [1.165, 1.54) is 36.5 Å². The molecule has 1 saturated heterocycles. The minimum Gasteiger partial charge on any atom is -0.388 e. The molecule has 31 heavy (non-hydrogen) atoms. The van der Waals surface area contributed by atoms with E-state index in [4.69, 9.17) is 16.3 Å². The van der Waals surface area contributed by atoms with E-state index in [0.29, 0.717) is 22.1 Å². The number of carbonyl (C=O) groups excluding carboxylic acids is 1. The van der Waals surface area contributed by atoms with Crippen molar-refractivity contribution in [1.82, 2.24) is 14.9 Å². The van der Waals surface area contributed by atoms with Gasteiger partial charge in [0.2, 0.25) is 0 Å². The number of rotatable bonds is 5. The van der Waals surface area contributed by atoms with E-state index < -0.39 is 30.0 Å². The number of amides is 1. The van der Waals surface area contributed by atoms with Crippen LogP contribution in [0.2, 0.25) is 5.02 Å². The predicted octanol–water partition coefficient (Wildman–Crippen LogP) is 0.763. The van der Waals surface area contributed by atoms with Crippen molar-refractivity contribution in [1.29, 1.82) is 0 Å². The van der Waals surface area contributed by atoms with Crippen LogP contribution in [0.4, 0.5) is 10.2 Å². The predicted molar refractivity (Wildman–Crippen MR) is 110 cm³/mol. The van der Waals surface area contributed by atoms with Gasteiger partial charge in [0.15, 0.2) is 0 Å². The molecule has 3 atom stereocenters. The number of hydrogen-bond acceptors (Lipinski definition) is 8. The van der Waals surface area contributed by atoms with Gasteiger partial charge in [0.1, 0.15) is 35.9 Å². The summed E-state index contributed by atoms with van der Waals surface area (Å²) in [6, 6.07) is 3.53. The summed E-state index contributed by atoms with van der Waals surface area (Å²) in [5.74, 6) is -0.594. The average Bonchev–Trinajstić information content (AvgIpc) is 3.18. The lowest BCUT2D eigenvalue weighted by molar-refractivity contribution is -0.123. The van der Waals surface area contributed by atoms with Crippen LogP contribution in [-0.4, -0.2) is 75.2 Å². The van der Waals surface area contributed by atoms with Gasteiger partial charge in [0, 0.05) is 24.2 Å². The van der Waals surface area contributed by atoms with E-state index in [0.717, 1.165) is 0 Å². The number of nitrogens with one attached hydrogen (secondary N) is 1. The van der Waals surface area contributed by atoms with Gasteiger partial charge < -0.3 is 25.2 Å². The number of likely N-dealkylation sites (N-methyl/N-ethyl adjacent to an activating group) is 1. The number of hydrogen-bond donors (Lipinski definition) is 3. The highest BCUT2D eigenvalue weighted by atomic mass is 35.5. The molecule has 1 amide bonds. The smallest absolute Gasteiger partial charge is 0.272 e. The molecule has 0 saturated carbocycles. The fraction of sp³-hybridized carbons (Fsp3) is 0.400. The number of aliphatic hydroxyl groups is 2. The Morgan fingerprint density at radius 1 is 1.35 bits per heavy atom. The largest absolute Gasteiger partial charge is 0.388 e. The molecule has 11 heteroatoms. The molecule has 0 bridgehead atoms. The van der Waals surface area contributed by atoms with Gasteiger partial charge in [-0.25, -0.2) is 14.4 Å². The zero-order valence-electron chi connectivity index (χ0n) is 16.6. The Labute approximate surface area is 182 Å². The summed E-state index contributed by atoms with van der Waals surface area (Å²) < 4.78 is 19.4. The van der Waals surface area contributed by atoms with Crippen LogP contribution in [0.5, 0.6) is 0 Å². The van der Waals surface area contributed by atoms with Crippen molar-refractivity contribution in [3.63, 3.8) is 0 Å². The molecule has 0 radical (unpaired) electrons. The first-order chi connectivity index (χ1) is 14.8. The Kier molecular flexibility index (Phi) is 6.15. The topological polar surface area (TPSA) is 120 Å². The van der Waals surface area contributed by atoms with Crippen molar-refractivity contribution >= 4 is 29.0 Å². The lowest BCUT2D eigenvalue weighted by Gasteiger charge is -2.33. The second-order valence-corrected chi connectivity index (χ2v) is 7.89. The van der Waals surface area contributed by atoms with Crippen LogP contribution >= 0.6 is 11.6 Å². The van der Waals surface area contributed by atoms with E-state index in [2.05, 4.69) is 20.3 Å². The van der Waals surface area contributed by atoms with Crippen LogP contribution in [0, 0.1) is 5.82 Å². The second-order valence-electron chi connectivity index (χ2n) is 7.45. The summed E-state index contributed by atoms with van der Waals surface area (Å²) in [7, 11) is 1.54. The van der Waals surface area contributed by atoms with E-state index in [-0.39, 0.29) is 37.6 Å². The van der Waals surface area contributed by atoms with Crippen LogP contribution in [-0.2, 0) is 22.6 Å². The summed E-state index contributed by atoms with van der Waals surface area (Å²) in [5.41, 5.74) is 1.38. The highest BCUT2D eigenvalue weighted by molar-refractivity contribution is 6.47. The minimum atomic E-state index is -1.06. The molecule has 9 nitrogen and oxygen atoms in total. The number of aliphatic hydroxyl groups excluding tert-OH is 2. The third-order valence-corrected chi connectivity index (χ3v) is 5.46. The maximum absolute atomic E-state index is 14.1. The van der Waals surface area contributed by atoms with E-state index in [1.807, 2.05) is 0 Å². The SMILES string of the molecule is CN(Cc1cc(Cl)ccc1F)C(=O)C1=NCc2ncnc(N[C@@H]3COC[C@@H](O)[C@H]3O)c21. The molecule has 2 aromatic rings. The molecule has 1 fully saturated rings. The molecule has 3 heterocycles. The molecule has 0 spiro atoms. The highest BCUT2D eigenvalue weighted by Gasteiger charge is 2.35. The standard InChI is InChI=1S/C20H21ClFN5O4/c1-27(6-10-4-11(21)2-3-12(10)22)20(30)17-16-13(5-23-17)24-9-25-19(16)26-14-7-31-8-15(28)18(14)29/h2-4,9,14-15,18,28-29H,5-8H2,1H3,(H,24,25,26)/t14-,15-,18+/m1/s1. The number of fused-ring (bicyclic) bond motifs is 1. The zero-order valence-corrected chi connectivity index (χ0v) is 17.4. The number of carbonyl (C=O) groups is 1. The minimum absolute atomic E-state index is 0.00258. The van der Waals surface area contributed by atoms with Crippen LogP contribution in [0.3, 0.4) is 0 Å². The van der Waals surface area contributed by atoms with E-state index >= 15 is 0 Å². The van der Waals surface area contributed by atoms with E-state index in [9.17, 15) is 19.4 Å². The van der Waals surface area contributed by atoms with Crippen LogP contribution in [0.1, 0.15) is 16.8 Å². The first-order valence-electron chi connectivity index (χ1n) is 9.63. The Morgan fingerprint density at radius 3 is 2.97 bits per heavy atom. The number of anilines is 1. The molecule has 1 aromatic carbocycles. The van der Waals surface area contributed by atoms with Crippen molar-refractivity contribution in [3.8, 4) is 0 Å². The third kappa shape index (κ3) is 4.38. The molecule has 3 N–H and O–H groups in total. The number of aromatic nitrogens is 2. The van der Waals surface area contributed by atoms with Crippen LogP contribution in [0.15, 0.2) is 29.5 Å². The molecule has 4 rings (SSSR count). The van der Waals surface area contributed by atoms with Gasteiger partial charge in [0.25, 0.3) is 5.91 Å². The van der Waals surface area contributed by atoms with Crippen LogP contribution < -0.4 is 5.32 Å². The van der Waals surface area contributed by atoms with Gasteiger partial charge in [-0.2, -0.15) is 0 Å². The van der Waals surface area contributed by atoms with Crippen molar-refractivity contribution in [2.45, 2.75) is 31.3 Å². The molecule has 2 aliphatic heterocycles. The highest BCUT2D eigenvalue weighted by Crippen LogP contribution is 2.26. The first kappa shape index (κ1) is 21.6. The molecule has 164 valence electrons. The molecular weight excluding hydrogens is 429 g/mol. The van der Waals surface area contributed by atoms with E-state index in [1.54, 1.807) is 0 Å². The number of halogens is 2. The van der Waals surface area contributed by atoms with Gasteiger partial charge in [-0.05, 0) is 18.2 Å². The quantitative estimate of drug-likeness (QED) is 0.616. The van der Waals surface area contributed by atoms with Gasteiger partial charge in [-0.1, -0.05) is 11.6 Å². The Balaban J connectivity index is 1.56. The molecule has 0 unspecified atom stereocenters. The molecule has 2 aliphatic rings. The number of benzene rings is 1. The fourth-order valence-corrected chi connectivity index (χ4v) is 3.76. The molecular formula is C20H21ClFN5O4. The monoisotopic (exact) mass is 449 g/mol. The summed E-state index contributed by atoms with van der Waals surface area (Å²) in [6.07, 6.45) is -0.762. The van der Waals surface area contributed by atoms with Crippen molar-refractivity contribution < 1.29 is 24.1 Å². The zero-order chi connectivity index (χ0) is 22.1. The molecule has 1 aromatic heterocycles. The van der Waals surface area contributed by atoms with Gasteiger partial charge in [-0.15, -0.1) is 0 Å². The maximum Gasteiger partial charge on any atom is 0.272 e. The van der Waals surface area contributed by atoms with Crippen molar-refractivity contribution in [2.24, 2.45) is 4.99 Å². The maximum atomic E-state index is 14.1. The molecule has 0 aliphatic carbocycles. The first-order valence-corrected chi connectivity index (χ1v) is 10.0. The fourth-order valence-electron chi connectivity index (χ4n) is 3.56. The summed E-state index contributed by atoms with van der Waals surface area (Å²) in [6.45, 7) is 0.388. The average molecular weight is 450 g/mol. The normalized spacial score (nSPS) is 22.6. The van der Waals surface area contributed by atoms with Crippen molar-refractivity contribution in [3.05, 3.63) is 52.2 Å². The number of aliphatic imine (C=N–C) groups is 1. The van der Waals surface area contributed by atoms with Gasteiger partial charge in [-0.3, -0.25) is 9.79 Å². The Hall–Kier alpha value is -2.66. The lowest BCUT2D eigenvalue weighted by atomic mass is 10.0. The summed E-state index contributed by atoms with van der Waals surface area (Å²) >= 11 is 5.94. The van der Waals surface area contributed by atoms with Gasteiger partial charge in [0.05, 0.1) is 37.1 Å². The van der Waals surface area contributed by atoms with Gasteiger partial charge >= 0.3 is 0 Å². The summed E-state index contributed by atoms with van der Waals surface area (Å²) in [4.78, 5) is 27.2. The number of nitrogens with zero attached hydrogens (tertiary/aromatic N) is 4. The Bertz CT molecular complexity index is 1040. The van der Waals surface area contributed by atoms with Crippen LogP contribution in [0.25, 0.3) is 0 Å². The second kappa shape index (κ2) is 8.83. The number of ether oxygens (including phenoxy) is 1.